The van der Waals surface area contributed by atoms with Crippen LogP contribution in [0, 0.1) is 0 Å². The van der Waals surface area contributed by atoms with Crippen molar-refractivity contribution in [1.29, 1.82) is 0 Å². The first-order chi connectivity index (χ1) is 6.34. The number of nitrogens with zero attached hydrogens (tertiary/aromatic N) is 2. The molecule has 1 aliphatic rings. The van der Waals surface area contributed by atoms with Crippen LogP contribution in [0.25, 0.3) is 0 Å². The largest absolute Gasteiger partial charge is 0.392 e. The van der Waals surface area contributed by atoms with Crippen molar-refractivity contribution in [3.8, 4) is 0 Å². The van der Waals surface area contributed by atoms with Crippen LogP contribution >= 0.6 is 0 Å². The molecule has 3 heteroatoms. The van der Waals surface area contributed by atoms with Gasteiger partial charge in [-0.1, -0.05) is 6.07 Å². The van der Waals surface area contributed by atoms with Crippen LogP contribution in [0.4, 0.5) is 0 Å². The second-order valence-corrected chi connectivity index (χ2v) is 3.50. The van der Waals surface area contributed by atoms with E-state index in [9.17, 15) is 5.11 Å². The summed E-state index contributed by atoms with van der Waals surface area (Å²) < 4.78 is 0. The van der Waals surface area contributed by atoms with Gasteiger partial charge in [-0.15, -0.1) is 0 Å². The average Bonchev–Trinajstić information content (AvgIpc) is 2.53. The standard InChI is InChI=1S/C10H14N2O/c13-10-4-6-12(8-10)7-9-3-1-2-5-11-9/h1-3,5,10,13H,4,6-8H2. The molecule has 0 amide bonds. The maximum absolute atomic E-state index is 9.32. The molecule has 0 saturated carbocycles. The summed E-state index contributed by atoms with van der Waals surface area (Å²) in [5, 5.41) is 9.32. The molecule has 0 radical (unpaired) electrons. The third kappa shape index (κ3) is 2.26. The lowest BCUT2D eigenvalue weighted by Gasteiger charge is -2.13. The van der Waals surface area contributed by atoms with Crippen molar-refractivity contribution in [2.75, 3.05) is 13.1 Å². The topological polar surface area (TPSA) is 36.4 Å². The van der Waals surface area contributed by atoms with Gasteiger partial charge in [0, 0.05) is 25.8 Å². The van der Waals surface area contributed by atoms with E-state index in [2.05, 4.69) is 9.88 Å². The van der Waals surface area contributed by atoms with Crippen LogP contribution in [-0.2, 0) is 6.54 Å². The molecule has 0 aliphatic carbocycles. The molecule has 0 spiro atoms. The minimum Gasteiger partial charge on any atom is -0.392 e. The Morgan fingerprint density at radius 1 is 1.54 bits per heavy atom. The van der Waals surface area contributed by atoms with E-state index in [1.54, 1.807) is 0 Å². The van der Waals surface area contributed by atoms with Crippen LogP contribution in [0.3, 0.4) is 0 Å². The van der Waals surface area contributed by atoms with Crippen LogP contribution in [-0.4, -0.2) is 34.2 Å². The molecule has 3 nitrogen and oxygen atoms in total. The lowest BCUT2D eigenvalue weighted by molar-refractivity contribution is 0.174. The molecular formula is C10H14N2O. The smallest absolute Gasteiger partial charge is 0.0679 e. The molecule has 1 atom stereocenters. The first kappa shape index (κ1) is 8.66. The van der Waals surface area contributed by atoms with Crippen molar-refractivity contribution in [2.45, 2.75) is 19.1 Å². The maximum atomic E-state index is 9.32. The highest BCUT2D eigenvalue weighted by Gasteiger charge is 2.19. The van der Waals surface area contributed by atoms with E-state index in [-0.39, 0.29) is 6.10 Å². The summed E-state index contributed by atoms with van der Waals surface area (Å²) in [5.41, 5.74) is 1.08. The normalized spacial score (nSPS) is 23.6. The summed E-state index contributed by atoms with van der Waals surface area (Å²) in [6.07, 6.45) is 2.57. The van der Waals surface area contributed by atoms with Gasteiger partial charge < -0.3 is 5.11 Å². The number of rotatable bonds is 2. The highest BCUT2D eigenvalue weighted by atomic mass is 16.3. The Balaban J connectivity index is 1.92. The summed E-state index contributed by atoms with van der Waals surface area (Å²) in [6, 6.07) is 5.93. The molecule has 1 aromatic heterocycles. The Labute approximate surface area is 78.0 Å². The predicted octanol–water partition coefficient (Wildman–Crippen LogP) is 0.648. The van der Waals surface area contributed by atoms with Crippen LogP contribution in [0.1, 0.15) is 12.1 Å². The van der Waals surface area contributed by atoms with E-state index in [4.69, 9.17) is 0 Å². The number of β-amino-alcohol motifs (C(OH)–C–C–N with tert-alkyl or cyclic N) is 1. The zero-order chi connectivity index (χ0) is 9.10. The Bertz CT molecular complexity index is 263. The zero-order valence-electron chi connectivity index (χ0n) is 7.56. The molecule has 2 heterocycles. The first-order valence-electron chi connectivity index (χ1n) is 4.65. The average molecular weight is 178 g/mol. The van der Waals surface area contributed by atoms with Gasteiger partial charge in [0.2, 0.25) is 0 Å². The second-order valence-electron chi connectivity index (χ2n) is 3.50. The number of hydrogen-bond donors (Lipinski definition) is 1. The second kappa shape index (κ2) is 3.85. The predicted molar refractivity (Wildman–Crippen MR) is 50.1 cm³/mol. The molecule has 70 valence electrons. The van der Waals surface area contributed by atoms with Crippen LogP contribution < -0.4 is 0 Å². The summed E-state index contributed by atoms with van der Waals surface area (Å²) in [4.78, 5) is 6.47. The fourth-order valence-corrected chi connectivity index (χ4v) is 1.68. The molecular weight excluding hydrogens is 164 g/mol. The van der Waals surface area contributed by atoms with Crippen LogP contribution in [0.15, 0.2) is 24.4 Å². The number of pyridine rings is 1. The highest BCUT2D eigenvalue weighted by molar-refractivity contribution is 5.03. The van der Waals surface area contributed by atoms with Crippen LogP contribution in [0.2, 0.25) is 0 Å². The molecule has 0 bridgehead atoms. The summed E-state index contributed by atoms with van der Waals surface area (Å²) in [5.74, 6) is 0. The minimum atomic E-state index is -0.135. The number of aromatic nitrogens is 1. The number of hydrogen-bond acceptors (Lipinski definition) is 3. The van der Waals surface area contributed by atoms with Gasteiger partial charge in [0.05, 0.1) is 11.8 Å². The molecule has 1 aliphatic heterocycles. The van der Waals surface area contributed by atoms with Crippen molar-refractivity contribution in [3.63, 3.8) is 0 Å². The highest BCUT2D eigenvalue weighted by Crippen LogP contribution is 2.11. The molecule has 1 fully saturated rings. The first-order valence-corrected chi connectivity index (χ1v) is 4.65. The van der Waals surface area contributed by atoms with Gasteiger partial charge in [-0.3, -0.25) is 9.88 Å². The quantitative estimate of drug-likeness (QED) is 0.722. The fraction of sp³-hybridized carbons (Fsp3) is 0.500. The Kier molecular flexibility index (Phi) is 2.57. The van der Waals surface area contributed by atoms with E-state index >= 15 is 0 Å². The van der Waals surface area contributed by atoms with Gasteiger partial charge in [-0.2, -0.15) is 0 Å². The van der Waals surface area contributed by atoms with Crippen LogP contribution in [0.5, 0.6) is 0 Å². The Hall–Kier alpha value is -0.930. The molecule has 1 unspecified atom stereocenters. The van der Waals surface area contributed by atoms with Crippen molar-refractivity contribution >= 4 is 0 Å². The molecule has 1 aromatic rings. The lowest BCUT2D eigenvalue weighted by Crippen LogP contribution is -2.21. The van der Waals surface area contributed by atoms with Crippen molar-refractivity contribution < 1.29 is 5.11 Å². The number of likely N-dealkylation sites (tertiary alicyclic amines) is 1. The molecule has 1 N–H and O–H groups in total. The summed E-state index contributed by atoms with van der Waals surface area (Å²) >= 11 is 0. The molecule has 1 saturated heterocycles. The van der Waals surface area contributed by atoms with Gasteiger partial charge in [-0.25, -0.2) is 0 Å². The van der Waals surface area contributed by atoms with E-state index in [0.717, 1.165) is 31.7 Å². The SMILES string of the molecule is OC1CCN(Cc2ccccn2)C1. The third-order valence-electron chi connectivity index (χ3n) is 2.36. The maximum Gasteiger partial charge on any atom is 0.0679 e. The Morgan fingerprint density at radius 3 is 3.08 bits per heavy atom. The van der Waals surface area contributed by atoms with Gasteiger partial charge in [0.1, 0.15) is 0 Å². The zero-order valence-corrected chi connectivity index (χ0v) is 7.56. The van der Waals surface area contributed by atoms with Gasteiger partial charge in [0.25, 0.3) is 0 Å². The van der Waals surface area contributed by atoms with Gasteiger partial charge in [-0.05, 0) is 18.6 Å². The number of aliphatic hydroxyl groups excluding tert-OH is 1. The minimum absolute atomic E-state index is 0.135. The monoisotopic (exact) mass is 178 g/mol. The third-order valence-corrected chi connectivity index (χ3v) is 2.36. The molecule has 2 rings (SSSR count). The summed E-state index contributed by atoms with van der Waals surface area (Å²) in [6.45, 7) is 2.63. The lowest BCUT2D eigenvalue weighted by atomic mass is 10.3. The van der Waals surface area contributed by atoms with E-state index < -0.39 is 0 Å². The van der Waals surface area contributed by atoms with Crippen molar-refractivity contribution in [2.24, 2.45) is 0 Å². The van der Waals surface area contributed by atoms with Crippen molar-refractivity contribution in [1.82, 2.24) is 9.88 Å². The molecule has 13 heavy (non-hydrogen) atoms. The van der Waals surface area contributed by atoms with Gasteiger partial charge in [0.15, 0.2) is 0 Å². The van der Waals surface area contributed by atoms with E-state index in [1.807, 2.05) is 24.4 Å². The molecule has 0 aromatic carbocycles. The fourth-order valence-electron chi connectivity index (χ4n) is 1.68. The van der Waals surface area contributed by atoms with E-state index in [1.165, 1.54) is 0 Å². The summed E-state index contributed by atoms with van der Waals surface area (Å²) in [7, 11) is 0. The van der Waals surface area contributed by atoms with Crippen molar-refractivity contribution in [3.05, 3.63) is 30.1 Å². The number of aliphatic hydroxyl groups is 1. The Morgan fingerprint density at radius 2 is 2.46 bits per heavy atom. The van der Waals surface area contributed by atoms with E-state index in [0.29, 0.717) is 0 Å². The van der Waals surface area contributed by atoms with Gasteiger partial charge >= 0.3 is 0 Å².